The van der Waals surface area contributed by atoms with Crippen LogP contribution in [0.4, 0.5) is 0 Å². The van der Waals surface area contributed by atoms with E-state index in [1.54, 1.807) is 0 Å². The molecule has 52 valence electrons. The summed E-state index contributed by atoms with van der Waals surface area (Å²) in [6.07, 6.45) is 0.674. The summed E-state index contributed by atoms with van der Waals surface area (Å²) in [5, 5.41) is 9.89. The Labute approximate surface area is 57.6 Å². The fourth-order valence-electron chi connectivity index (χ4n) is 0.855. The normalized spacial score (nSPS) is 34.8. The average molecular weight is 147 g/mol. The van der Waals surface area contributed by atoms with Crippen molar-refractivity contribution in [2.75, 3.05) is 5.75 Å². The minimum absolute atomic E-state index is 0.299. The molecule has 9 heavy (non-hydrogen) atoms. The van der Waals surface area contributed by atoms with Crippen molar-refractivity contribution in [3.8, 4) is 0 Å². The number of carboxylic acids is 1. The van der Waals surface area contributed by atoms with Gasteiger partial charge in [0.2, 0.25) is 0 Å². The third-order valence-electron chi connectivity index (χ3n) is 1.34. The lowest BCUT2D eigenvalue weighted by Crippen LogP contribution is -2.61. The smallest absolute Gasteiger partial charge is 0.0949 e. The molecule has 0 aromatic heterocycles. The molecule has 3 nitrogen and oxygen atoms in total. The summed E-state index contributed by atoms with van der Waals surface area (Å²) in [6.45, 7) is 0. The van der Waals surface area contributed by atoms with E-state index >= 15 is 0 Å². The van der Waals surface area contributed by atoms with E-state index < -0.39 is 5.97 Å². The van der Waals surface area contributed by atoms with Crippen molar-refractivity contribution in [3.05, 3.63) is 0 Å². The molecule has 0 saturated carbocycles. The van der Waals surface area contributed by atoms with Gasteiger partial charge in [-0.15, -0.1) is 11.8 Å². The molecule has 0 aromatic rings. The van der Waals surface area contributed by atoms with Crippen LogP contribution in [0.3, 0.4) is 0 Å². The summed E-state index contributed by atoms with van der Waals surface area (Å²) in [5.41, 5.74) is 3.76. The van der Waals surface area contributed by atoms with Crippen LogP contribution < -0.4 is 10.8 Å². The van der Waals surface area contributed by atoms with Crippen LogP contribution in [0.5, 0.6) is 0 Å². The predicted molar refractivity (Wildman–Crippen MR) is 32.5 cm³/mol. The quantitative estimate of drug-likeness (QED) is 0.460. The van der Waals surface area contributed by atoms with Crippen LogP contribution in [0, 0.1) is 0 Å². The van der Waals surface area contributed by atoms with E-state index in [4.69, 9.17) is 0 Å². The van der Waals surface area contributed by atoms with Gasteiger partial charge in [-0.3, -0.25) is 0 Å². The summed E-state index contributed by atoms with van der Waals surface area (Å²) in [7, 11) is 0. The van der Waals surface area contributed by atoms with E-state index in [-0.39, 0.29) is 5.25 Å². The molecule has 1 rings (SSSR count). The lowest BCUT2D eigenvalue weighted by atomic mass is 10.2. The van der Waals surface area contributed by atoms with E-state index in [0.717, 1.165) is 5.75 Å². The molecule has 0 radical (unpaired) electrons. The lowest BCUT2D eigenvalue weighted by Gasteiger charge is -2.06. The van der Waals surface area contributed by atoms with E-state index in [2.05, 4.69) is 5.73 Å². The maximum Gasteiger partial charge on any atom is 0.0949 e. The molecule has 0 spiro atoms. The number of quaternary nitrogens is 1. The minimum Gasteiger partial charge on any atom is -0.549 e. The van der Waals surface area contributed by atoms with Crippen molar-refractivity contribution in [1.82, 2.24) is 0 Å². The van der Waals surface area contributed by atoms with Crippen molar-refractivity contribution in [2.45, 2.75) is 17.7 Å². The number of thioether (sulfide) groups is 1. The first kappa shape index (κ1) is 6.89. The summed E-state index contributed by atoms with van der Waals surface area (Å²) >= 11 is 1.43. The Morgan fingerprint density at radius 3 is 2.67 bits per heavy atom. The van der Waals surface area contributed by atoms with Gasteiger partial charge in [-0.05, 0) is 0 Å². The first-order chi connectivity index (χ1) is 4.20. The van der Waals surface area contributed by atoms with Crippen molar-refractivity contribution in [3.63, 3.8) is 0 Å². The molecule has 3 N–H and O–H groups in total. The molecule has 2 atom stereocenters. The highest BCUT2D eigenvalue weighted by Gasteiger charge is 2.25. The molecule has 1 heterocycles. The largest absolute Gasteiger partial charge is 0.549 e. The van der Waals surface area contributed by atoms with Gasteiger partial charge < -0.3 is 15.6 Å². The Bertz CT molecular complexity index is 128. The summed E-state index contributed by atoms with van der Waals surface area (Å²) in [4.78, 5) is 10.2. The Hall–Kier alpha value is -0.220. The zero-order valence-electron chi connectivity index (χ0n) is 5.00. The maximum atomic E-state index is 10.2. The molecule has 1 aliphatic rings. The second kappa shape index (κ2) is 2.58. The summed E-state index contributed by atoms with van der Waals surface area (Å²) < 4.78 is 0. The van der Waals surface area contributed by atoms with E-state index in [0.29, 0.717) is 12.5 Å². The van der Waals surface area contributed by atoms with Gasteiger partial charge in [0, 0.05) is 12.2 Å². The van der Waals surface area contributed by atoms with Crippen LogP contribution in [-0.2, 0) is 4.79 Å². The van der Waals surface area contributed by atoms with Gasteiger partial charge >= 0.3 is 0 Å². The van der Waals surface area contributed by atoms with Crippen LogP contribution in [-0.4, -0.2) is 23.0 Å². The molecule has 1 saturated heterocycles. The van der Waals surface area contributed by atoms with Crippen molar-refractivity contribution >= 4 is 17.7 Å². The number of aliphatic carboxylic acids is 1. The minimum atomic E-state index is -0.939. The number of carboxylic acid groups (broad SMARTS) is 1. The summed E-state index contributed by atoms with van der Waals surface area (Å²) in [6, 6.07) is 0.304. The number of carbonyl (C=O) groups excluding carboxylic acids is 1. The van der Waals surface area contributed by atoms with Gasteiger partial charge in [0.1, 0.15) is 0 Å². The van der Waals surface area contributed by atoms with Crippen molar-refractivity contribution in [1.29, 1.82) is 0 Å². The van der Waals surface area contributed by atoms with Gasteiger partial charge in [-0.1, -0.05) is 0 Å². The number of rotatable bonds is 1. The van der Waals surface area contributed by atoms with Crippen LogP contribution in [0.2, 0.25) is 0 Å². The molecule has 0 unspecified atom stereocenters. The van der Waals surface area contributed by atoms with Gasteiger partial charge in [0.15, 0.2) is 0 Å². The van der Waals surface area contributed by atoms with Crippen LogP contribution in [0.25, 0.3) is 0 Å². The fourth-order valence-corrected chi connectivity index (χ4v) is 2.04. The summed E-state index contributed by atoms with van der Waals surface area (Å²) in [5.74, 6) is -0.0790. The Kier molecular flexibility index (Phi) is 1.97. The second-order valence-corrected chi connectivity index (χ2v) is 3.48. The Morgan fingerprint density at radius 2 is 2.44 bits per heavy atom. The van der Waals surface area contributed by atoms with Gasteiger partial charge in [0.05, 0.1) is 17.3 Å². The van der Waals surface area contributed by atoms with Gasteiger partial charge in [0.25, 0.3) is 0 Å². The SMILES string of the molecule is [NH3+][C@@H]1CS[C@H](C(=O)[O-])C1. The number of hydrogen-bond acceptors (Lipinski definition) is 3. The Balaban J connectivity index is 2.39. The highest BCUT2D eigenvalue weighted by Crippen LogP contribution is 2.23. The molecule has 4 heteroatoms. The van der Waals surface area contributed by atoms with E-state index in [9.17, 15) is 9.90 Å². The molecule has 0 aromatic carbocycles. The fraction of sp³-hybridized carbons (Fsp3) is 0.800. The van der Waals surface area contributed by atoms with Gasteiger partial charge in [-0.2, -0.15) is 0 Å². The zero-order valence-corrected chi connectivity index (χ0v) is 5.82. The van der Waals surface area contributed by atoms with Crippen LogP contribution >= 0.6 is 11.8 Å². The maximum absolute atomic E-state index is 10.2. The first-order valence-electron chi connectivity index (χ1n) is 2.85. The van der Waals surface area contributed by atoms with Crippen LogP contribution in [0.1, 0.15) is 6.42 Å². The van der Waals surface area contributed by atoms with Crippen LogP contribution in [0.15, 0.2) is 0 Å². The standard InChI is InChI=1S/C5H9NO2S/c6-3-1-4(5(7)8)9-2-3/h3-4H,1-2,6H2,(H,7,8)/t3-,4-/m0/s1. The van der Waals surface area contributed by atoms with Gasteiger partial charge in [-0.25, -0.2) is 0 Å². The molecule has 1 aliphatic heterocycles. The second-order valence-electron chi connectivity index (χ2n) is 2.24. The predicted octanol–water partition coefficient (Wildman–Crippen LogP) is -2.15. The van der Waals surface area contributed by atoms with Crippen molar-refractivity contribution < 1.29 is 15.6 Å². The molecular formula is C5H9NO2S. The van der Waals surface area contributed by atoms with Crippen molar-refractivity contribution in [2.24, 2.45) is 0 Å². The lowest BCUT2D eigenvalue weighted by molar-refractivity contribution is -0.412. The third kappa shape index (κ3) is 1.59. The molecular weight excluding hydrogens is 138 g/mol. The number of carbonyl (C=O) groups is 1. The molecule has 0 bridgehead atoms. The highest BCUT2D eigenvalue weighted by atomic mass is 32.2. The monoisotopic (exact) mass is 147 g/mol. The molecule has 0 aliphatic carbocycles. The topological polar surface area (TPSA) is 67.8 Å². The molecule has 1 fully saturated rings. The van der Waals surface area contributed by atoms with E-state index in [1.165, 1.54) is 11.8 Å². The zero-order chi connectivity index (χ0) is 6.85. The van der Waals surface area contributed by atoms with E-state index in [1.807, 2.05) is 0 Å². The average Bonchev–Trinajstić information content (AvgIpc) is 2.14. The number of hydrogen-bond donors (Lipinski definition) is 1. The molecule has 0 amide bonds. The third-order valence-corrected chi connectivity index (χ3v) is 2.79. The first-order valence-corrected chi connectivity index (χ1v) is 3.90. The Morgan fingerprint density at radius 1 is 1.78 bits per heavy atom. The highest BCUT2D eigenvalue weighted by molar-refractivity contribution is 8.00.